The van der Waals surface area contributed by atoms with E-state index in [-0.39, 0.29) is 0 Å². The number of nitrogens with zero attached hydrogens (tertiary/aromatic N) is 1. The van der Waals surface area contributed by atoms with E-state index in [2.05, 4.69) is 6.58 Å². The second-order valence-corrected chi connectivity index (χ2v) is 2.51. The molecular formula is C10H11NO. The Morgan fingerprint density at radius 1 is 1.33 bits per heavy atom. The summed E-state index contributed by atoms with van der Waals surface area (Å²) in [6, 6.07) is 7.61. The highest BCUT2D eigenvalue weighted by Gasteiger charge is 1.96. The Labute approximate surface area is 72.1 Å². The maximum Gasteiger partial charge on any atom is 0.182 e. The van der Waals surface area contributed by atoms with Crippen LogP contribution in [0.5, 0.6) is 0 Å². The zero-order chi connectivity index (χ0) is 8.97. The molecule has 0 unspecified atom stereocenters. The Morgan fingerprint density at radius 3 is 2.42 bits per heavy atom. The number of benzene rings is 1. The SMILES string of the molecule is C=Cc1ccccc1/C=[N+](\C)[O-]. The first-order valence-electron chi connectivity index (χ1n) is 3.70. The van der Waals surface area contributed by atoms with Crippen molar-refractivity contribution in [2.75, 3.05) is 7.05 Å². The summed E-state index contributed by atoms with van der Waals surface area (Å²) in [5.74, 6) is 0. The summed E-state index contributed by atoms with van der Waals surface area (Å²) >= 11 is 0. The van der Waals surface area contributed by atoms with Crippen LogP contribution in [0.15, 0.2) is 30.8 Å². The molecule has 0 aromatic heterocycles. The van der Waals surface area contributed by atoms with Crippen molar-refractivity contribution in [3.05, 3.63) is 47.2 Å². The van der Waals surface area contributed by atoms with Gasteiger partial charge in [0.2, 0.25) is 0 Å². The summed E-state index contributed by atoms with van der Waals surface area (Å²) in [4.78, 5) is 0. The van der Waals surface area contributed by atoms with Crippen molar-refractivity contribution >= 4 is 12.3 Å². The molecule has 0 heterocycles. The van der Waals surface area contributed by atoms with Crippen LogP contribution in [0.2, 0.25) is 0 Å². The van der Waals surface area contributed by atoms with Gasteiger partial charge in [0, 0.05) is 5.56 Å². The van der Waals surface area contributed by atoms with Crippen molar-refractivity contribution in [1.82, 2.24) is 0 Å². The summed E-state index contributed by atoms with van der Waals surface area (Å²) in [6.45, 7) is 3.66. The summed E-state index contributed by atoms with van der Waals surface area (Å²) in [5.41, 5.74) is 1.87. The Bertz CT molecular complexity index is 311. The minimum Gasteiger partial charge on any atom is -0.624 e. The van der Waals surface area contributed by atoms with E-state index in [4.69, 9.17) is 0 Å². The first kappa shape index (κ1) is 8.53. The zero-order valence-corrected chi connectivity index (χ0v) is 7.03. The molecule has 0 radical (unpaired) electrons. The molecule has 0 saturated carbocycles. The molecule has 1 aromatic rings. The molecule has 0 atom stereocenters. The van der Waals surface area contributed by atoms with Gasteiger partial charge in [-0.1, -0.05) is 30.9 Å². The molecule has 0 aliphatic heterocycles. The van der Waals surface area contributed by atoms with E-state index in [9.17, 15) is 5.21 Å². The summed E-state index contributed by atoms with van der Waals surface area (Å²) < 4.78 is 0.780. The van der Waals surface area contributed by atoms with Crippen molar-refractivity contribution in [1.29, 1.82) is 0 Å². The molecule has 12 heavy (non-hydrogen) atoms. The minimum absolute atomic E-state index is 0.780. The lowest BCUT2D eigenvalue weighted by Crippen LogP contribution is -1.98. The smallest absolute Gasteiger partial charge is 0.182 e. The second-order valence-electron chi connectivity index (χ2n) is 2.51. The quantitative estimate of drug-likeness (QED) is 0.281. The zero-order valence-electron chi connectivity index (χ0n) is 7.03. The van der Waals surface area contributed by atoms with Crippen LogP contribution in [0.4, 0.5) is 0 Å². The van der Waals surface area contributed by atoms with Crippen LogP contribution in [-0.2, 0) is 0 Å². The van der Waals surface area contributed by atoms with Crippen LogP contribution in [0.1, 0.15) is 11.1 Å². The monoisotopic (exact) mass is 161 g/mol. The normalized spacial score (nSPS) is 11.2. The van der Waals surface area contributed by atoms with Crippen LogP contribution >= 0.6 is 0 Å². The molecule has 0 spiro atoms. The van der Waals surface area contributed by atoms with Crippen molar-refractivity contribution in [3.8, 4) is 0 Å². The number of hydrogen-bond acceptors (Lipinski definition) is 1. The van der Waals surface area contributed by atoms with Gasteiger partial charge in [-0.3, -0.25) is 0 Å². The maximum atomic E-state index is 10.7. The molecule has 62 valence electrons. The molecule has 0 fully saturated rings. The fourth-order valence-electron chi connectivity index (χ4n) is 1.01. The van der Waals surface area contributed by atoms with Gasteiger partial charge < -0.3 is 5.21 Å². The summed E-state index contributed by atoms with van der Waals surface area (Å²) in [6.07, 6.45) is 3.26. The van der Waals surface area contributed by atoms with Crippen LogP contribution in [0.3, 0.4) is 0 Å². The van der Waals surface area contributed by atoms with Gasteiger partial charge in [-0.15, -0.1) is 0 Å². The third-order valence-electron chi connectivity index (χ3n) is 1.54. The lowest BCUT2D eigenvalue weighted by atomic mass is 10.1. The summed E-state index contributed by atoms with van der Waals surface area (Å²) in [7, 11) is 1.46. The van der Waals surface area contributed by atoms with Crippen LogP contribution in [-0.4, -0.2) is 18.0 Å². The Balaban J connectivity index is 3.14. The Morgan fingerprint density at radius 2 is 1.92 bits per heavy atom. The van der Waals surface area contributed by atoms with E-state index in [1.54, 1.807) is 6.08 Å². The largest absolute Gasteiger partial charge is 0.624 e. The molecule has 0 aliphatic carbocycles. The highest BCUT2D eigenvalue weighted by atomic mass is 16.5. The predicted molar refractivity (Wildman–Crippen MR) is 51.3 cm³/mol. The molecule has 2 nitrogen and oxygen atoms in total. The van der Waals surface area contributed by atoms with Crippen LogP contribution in [0, 0.1) is 5.21 Å². The highest BCUT2D eigenvalue weighted by molar-refractivity contribution is 5.82. The fourth-order valence-corrected chi connectivity index (χ4v) is 1.01. The van der Waals surface area contributed by atoms with E-state index in [0.717, 1.165) is 15.9 Å². The molecule has 0 amide bonds. The maximum absolute atomic E-state index is 10.7. The molecule has 1 aromatic carbocycles. The van der Waals surface area contributed by atoms with Crippen molar-refractivity contribution in [2.45, 2.75) is 0 Å². The first-order chi connectivity index (χ1) is 5.74. The lowest BCUT2D eigenvalue weighted by molar-refractivity contribution is -0.416. The van der Waals surface area contributed by atoms with Gasteiger partial charge in [0.05, 0.1) is 0 Å². The number of rotatable bonds is 2. The first-order valence-corrected chi connectivity index (χ1v) is 3.70. The van der Waals surface area contributed by atoms with Gasteiger partial charge in [-0.2, -0.15) is 0 Å². The van der Waals surface area contributed by atoms with Crippen molar-refractivity contribution in [3.63, 3.8) is 0 Å². The fraction of sp³-hybridized carbons (Fsp3) is 0.100. The van der Waals surface area contributed by atoms with Crippen LogP contribution < -0.4 is 0 Å². The van der Waals surface area contributed by atoms with Crippen molar-refractivity contribution < 1.29 is 4.74 Å². The molecule has 2 heteroatoms. The van der Waals surface area contributed by atoms with E-state index in [1.165, 1.54) is 13.3 Å². The van der Waals surface area contributed by atoms with Gasteiger partial charge in [-0.05, 0) is 11.6 Å². The van der Waals surface area contributed by atoms with Gasteiger partial charge in [0.1, 0.15) is 7.05 Å². The van der Waals surface area contributed by atoms with E-state index < -0.39 is 0 Å². The Hall–Kier alpha value is -1.57. The molecule has 0 saturated heterocycles. The standard InChI is InChI=1S/C10H11NO/c1-3-9-6-4-5-7-10(9)8-11(2)12/h3-8H,1H2,2H3/b11-8+. The van der Waals surface area contributed by atoms with Gasteiger partial charge >= 0.3 is 0 Å². The highest BCUT2D eigenvalue weighted by Crippen LogP contribution is 2.06. The molecule has 1 rings (SSSR count). The molecule has 0 N–H and O–H groups in total. The average molecular weight is 161 g/mol. The van der Waals surface area contributed by atoms with Gasteiger partial charge in [0.15, 0.2) is 6.21 Å². The average Bonchev–Trinajstić information content (AvgIpc) is 2.04. The Kier molecular flexibility index (Phi) is 2.64. The van der Waals surface area contributed by atoms with E-state index in [0.29, 0.717) is 0 Å². The lowest BCUT2D eigenvalue weighted by Gasteiger charge is -1.99. The van der Waals surface area contributed by atoms with Gasteiger partial charge in [-0.25, -0.2) is 4.74 Å². The van der Waals surface area contributed by atoms with Crippen LogP contribution in [0.25, 0.3) is 6.08 Å². The third-order valence-corrected chi connectivity index (χ3v) is 1.54. The second kappa shape index (κ2) is 3.72. The molecule has 0 bridgehead atoms. The topological polar surface area (TPSA) is 26.1 Å². The minimum atomic E-state index is 0.780. The number of hydrogen-bond donors (Lipinski definition) is 0. The van der Waals surface area contributed by atoms with Crippen molar-refractivity contribution in [2.24, 2.45) is 0 Å². The predicted octanol–water partition coefficient (Wildman–Crippen LogP) is 1.89. The van der Waals surface area contributed by atoms with E-state index >= 15 is 0 Å². The summed E-state index contributed by atoms with van der Waals surface area (Å²) in [5, 5.41) is 10.7. The molecule has 0 aliphatic rings. The number of hydroxylamine groups is 1. The van der Waals surface area contributed by atoms with Gasteiger partial charge in [0.25, 0.3) is 0 Å². The third kappa shape index (κ3) is 1.95. The van der Waals surface area contributed by atoms with E-state index in [1.807, 2.05) is 24.3 Å². The molecular weight excluding hydrogens is 150 g/mol.